The number of benzene rings is 2. The monoisotopic (exact) mass is 567 g/mol. The summed E-state index contributed by atoms with van der Waals surface area (Å²) in [5, 5.41) is 5.98. The number of hydrogen-bond donors (Lipinski definition) is 1. The van der Waals surface area contributed by atoms with E-state index in [1.54, 1.807) is 48.0 Å². The van der Waals surface area contributed by atoms with Crippen LogP contribution in [0.2, 0.25) is 0 Å². The highest BCUT2D eigenvalue weighted by molar-refractivity contribution is 5.91. The van der Waals surface area contributed by atoms with Gasteiger partial charge in [0.15, 0.2) is 11.5 Å². The van der Waals surface area contributed by atoms with Crippen LogP contribution in [0.1, 0.15) is 37.8 Å². The summed E-state index contributed by atoms with van der Waals surface area (Å²) in [5.74, 6) is 0.996. The molecule has 2 aliphatic rings. The molecule has 0 bridgehead atoms. The number of methoxy groups -OCH3 is 1. The van der Waals surface area contributed by atoms with Crippen molar-refractivity contribution >= 4 is 17.8 Å². The van der Waals surface area contributed by atoms with Gasteiger partial charge in [0.05, 0.1) is 26.0 Å². The summed E-state index contributed by atoms with van der Waals surface area (Å²) < 4.78 is 24.4. The molecular weight excluding hydrogens is 529 g/mol. The summed E-state index contributed by atoms with van der Waals surface area (Å²) >= 11 is 0. The van der Waals surface area contributed by atoms with Crippen molar-refractivity contribution in [1.82, 2.24) is 25.1 Å². The van der Waals surface area contributed by atoms with Crippen LogP contribution in [0.5, 0.6) is 11.5 Å². The van der Waals surface area contributed by atoms with Crippen LogP contribution in [0.15, 0.2) is 54.8 Å². The minimum atomic E-state index is -0.662. The first-order chi connectivity index (χ1) is 19.6. The first-order valence-corrected chi connectivity index (χ1v) is 13.8. The summed E-state index contributed by atoms with van der Waals surface area (Å²) in [6.07, 6.45) is 1.08. The Balaban J connectivity index is 1.53. The predicted octanol–water partition coefficient (Wildman–Crippen LogP) is 3.53. The molecule has 0 aromatic heterocycles. The van der Waals surface area contributed by atoms with Gasteiger partial charge in [0.1, 0.15) is 18.0 Å². The van der Waals surface area contributed by atoms with Gasteiger partial charge in [0.25, 0.3) is 0 Å². The quantitative estimate of drug-likeness (QED) is 0.442. The number of ether oxygens (including phenoxy) is 2. The van der Waals surface area contributed by atoms with Gasteiger partial charge in [-0.25, -0.2) is 19.2 Å². The molecule has 2 aromatic rings. The number of piperazine rings is 1. The largest absolute Gasteiger partial charge is 0.493 e. The summed E-state index contributed by atoms with van der Waals surface area (Å²) in [4.78, 5) is 43.6. The number of likely N-dealkylation sites (N-methyl/N-ethyl adjacent to an activating group) is 1. The zero-order valence-electron chi connectivity index (χ0n) is 24.1. The van der Waals surface area contributed by atoms with E-state index in [0.29, 0.717) is 43.1 Å². The minimum Gasteiger partial charge on any atom is -0.493 e. The van der Waals surface area contributed by atoms with Gasteiger partial charge in [-0.2, -0.15) is 0 Å². The van der Waals surface area contributed by atoms with Gasteiger partial charge < -0.3 is 24.6 Å². The van der Waals surface area contributed by atoms with Crippen molar-refractivity contribution in [3.05, 3.63) is 71.7 Å². The van der Waals surface area contributed by atoms with Gasteiger partial charge in [-0.1, -0.05) is 38.1 Å². The molecule has 41 heavy (non-hydrogen) atoms. The second kappa shape index (κ2) is 13.0. The van der Waals surface area contributed by atoms with Crippen LogP contribution in [0.4, 0.5) is 9.18 Å². The normalized spacial score (nSPS) is 19.2. The molecule has 0 unspecified atom stereocenters. The molecule has 2 atom stereocenters. The van der Waals surface area contributed by atoms with Crippen LogP contribution >= 0.6 is 0 Å². The van der Waals surface area contributed by atoms with E-state index in [1.165, 1.54) is 17.1 Å². The van der Waals surface area contributed by atoms with Gasteiger partial charge in [0.2, 0.25) is 11.8 Å². The molecule has 11 heteroatoms. The minimum absolute atomic E-state index is 0.0215. The lowest BCUT2D eigenvalue weighted by atomic mass is 10.0. The Morgan fingerprint density at radius 2 is 1.83 bits per heavy atom. The van der Waals surface area contributed by atoms with Crippen molar-refractivity contribution in [3.8, 4) is 11.5 Å². The van der Waals surface area contributed by atoms with Gasteiger partial charge >= 0.3 is 6.03 Å². The number of nitrogens with zero attached hydrogens (tertiary/aromatic N) is 4. The number of nitrogens with one attached hydrogen (secondary N) is 1. The summed E-state index contributed by atoms with van der Waals surface area (Å²) in [7, 11) is 3.25. The van der Waals surface area contributed by atoms with Gasteiger partial charge in [-0.3, -0.25) is 9.59 Å². The third-order valence-corrected chi connectivity index (χ3v) is 7.25. The molecule has 0 saturated carbocycles. The molecule has 2 aliphatic heterocycles. The Morgan fingerprint density at radius 3 is 2.49 bits per heavy atom. The third-order valence-electron chi connectivity index (χ3n) is 7.25. The molecule has 0 radical (unpaired) electrons. The molecule has 2 fully saturated rings. The number of hydrogen-bond acceptors (Lipinski definition) is 6. The summed E-state index contributed by atoms with van der Waals surface area (Å²) in [6, 6.07) is 10.4. The number of allylic oxidation sites excluding steroid dienone is 1. The molecule has 2 saturated heterocycles. The van der Waals surface area contributed by atoms with Gasteiger partial charge in [-0.15, -0.1) is 0 Å². The number of carbonyl (C=O) groups excluding carboxylic acids is 3. The van der Waals surface area contributed by atoms with E-state index < -0.39 is 18.2 Å². The Labute approximate surface area is 240 Å². The van der Waals surface area contributed by atoms with Crippen molar-refractivity contribution in [2.24, 2.45) is 0 Å². The van der Waals surface area contributed by atoms with Crippen LogP contribution in [-0.4, -0.2) is 83.7 Å². The Hall–Kier alpha value is -4.12. The van der Waals surface area contributed by atoms with Crippen LogP contribution in [0.3, 0.4) is 0 Å². The van der Waals surface area contributed by atoms with Crippen LogP contribution in [0, 0.1) is 5.82 Å². The number of fused-ring (bicyclic) bond motifs is 1. The van der Waals surface area contributed by atoms with E-state index in [-0.39, 0.29) is 37.3 Å². The van der Waals surface area contributed by atoms with Crippen molar-refractivity contribution in [2.45, 2.75) is 51.9 Å². The maximum Gasteiger partial charge on any atom is 0.334 e. The zero-order chi connectivity index (χ0) is 29.7. The fourth-order valence-corrected chi connectivity index (χ4v) is 5.32. The van der Waals surface area contributed by atoms with E-state index in [4.69, 9.17) is 9.47 Å². The third kappa shape index (κ3) is 6.79. The highest BCUT2D eigenvalue weighted by Gasteiger charge is 2.50. The number of carbonyl (C=O) groups is 3. The van der Waals surface area contributed by atoms with E-state index in [1.807, 2.05) is 25.1 Å². The van der Waals surface area contributed by atoms with Crippen molar-refractivity contribution in [2.75, 3.05) is 33.8 Å². The standard InChI is InChI=1S/C30H38FN5O5/c1-6-7-24-29(38)34(15-14-21-10-13-25(41-20(2)3)26(16-21)40-5)18-27-35(24)28(37)19-33(4)36(27)30(39)32-17-22-8-11-23(31)12-9-22/h8-13,16,24,27H,2,6-7,14-15,17-19H2,1,3-5H3,(H,32,39)/t24-,27-/m0/s1. The molecule has 4 rings (SSSR count). The van der Waals surface area contributed by atoms with E-state index in [0.717, 1.165) is 11.1 Å². The average Bonchev–Trinajstić information content (AvgIpc) is 2.93. The highest BCUT2D eigenvalue weighted by atomic mass is 19.1. The van der Waals surface area contributed by atoms with Crippen LogP contribution < -0.4 is 14.8 Å². The fraction of sp³-hybridized carbons (Fsp3) is 0.433. The SMILES string of the molecule is C=C(C)Oc1ccc(CCN2C[C@H]3N(C(=O)CN(C)N3C(=O)NCc3ccc(F)cc3)[C@@H](CCC)C2=O)cc1OC. The Bertz CT molecular complexity index is 1290. The first-order valence-electron chi connectivity index (χ1n) is 13.8. The molecule has 10 nitrogen and oxygen atoms in total. The highest BCUT2D eigenvalue weighted by Crippen LogP contribution is 2.31. The Morgan fingerprint density at radius 1 is 1.12 bits per heavy atom. The van der Waals surface area contributed by atoms with Gasteiger partial charge in [-0.05, 0) is 55.2 Å². The first kappa shape index (κ1) is 29.9. The molecule has 0 spiro atoms. The van der Waals surface area contributed by atoms with Crippen molar-refractivity contribution < 1.29 is 28.2 Å². The van der Waals surface area contributed by atoms with Crippen molar-refractivity contribution in [3.63, 3.8) is 0 Å². The number of halogens is 1. The molecule has 2 aromatic carbocycles. The average molecular weight is 568 g/mol. The van der Waals surface area contributed by atoms with E-state index in [2.05, 4.69) is 11.9 Å². The zero-order valence-corrected chi connectivity index (χ0v) is 24.1. The topological polar surface area (TPSA) is 94.7 Å². The van der Waals surface area contributed by atoms with E-state index >= 15 is 0 Å². The molecule has 1 N–H and O–H groups in total. The molecule has 2 heterocycles. The number of amides is 4. The molecule has 4 amide bonds. The predicted molar refractivity (Wildman–Crippen MR) is 151 cm³/mol. The molecule has 0 aliphatic carbocycles. The summed E-state index contributed by atoms with van der Waals surface area (Å²) in [6.45, 7) is 8.24. The summed E-state index contributed by atoms with van der Waals surface area (Å²) in [5.41, 5.74) is 1.69. The van der Waals surface area contributed by atoms with Gasteiger partial charge in [0, 0.05) is 20.1 Å². The van der Waals surface area contributed by atoms with Crippen LogP contribution in [-0.2, 0) is 22.6 Å². The lowest BCUT2D eigenvalue weighted by Crippen LogP contribution is -2.76. The lowest BCUT2D eigenvalue weighted by Gasteiger charge is -2.54. The van der Waals surface area contributed by atoms with E-state index in [9.17, 15) is 18.8 Å². The second-order valence-corrected chi connectivity index (χ2v) is 10.4. The maximum atomic E-state index is 13.6. The Kier molecular flexibility index (Phi) is 9.49. The fourth-order valence-electron chi connectivity index (χ4n) is 5.32. The number of rotatable bonds is 10. The maximum absolute atomic E-state index is 13.6. The molecular formula is C30H38FN5O5. The number of hydrazine groups is 1. The smallest absolute Gasteiger partial charge is 0.334 e. The van der Waals surface area contributed by atoms with Crippen molar-refractivity contribution in [1.29, 1.82) is 0 Å². The second-order valence-electron chi connectivity index (χ2n) is 10.4. The van der Waals surface area contributed by atoms with Crippen LogP contribution in [0.25, 0.3) is 0 Å². The lowest BCUT2D eigenvalue weighted by molar-refractivity contribution is -0.187. The number of urea groups is 1. The molecule has 220 valence electrons.